The highest BCUT2D eigenvalue weighted by Crippen LogP contribution is 2.08. The quantitative estimate of drug-likeness (QED) is 0.394. The average Bonchev–Trinajstić information content (AvgIpc) is 2.69. The Morgan fingerprint density at radius 2 is 2.12 bits per heavy atom. The molecule has 6 heteroatoms. The van der Waals surface area contributed by atoms with Crippen LogP contribution in [0.4, 0.5) is 0 Å². The van der Waals surface area contributed by atoms with Crippen molar-refractivity contribution in [1.82, 2.24) is 5.32 Å². The fourth-order valence-electron chi connectivity index (χ4n) is 1.35. The van der Waals surface area contributed by atoms with E-state index in [1.807, 2.05) is 0 Å². The molecule has 0 aromatic heterocycles. The zero-order chi connectivity index (χ0) is 12.1. The maximum absolute atomic E-state index is 11.3. The SMILES string of the molecule is C=C(CC(=O)OC(=O)[C@@H]1CCCN1)C(=O)O. The molecule has 0 unspecified atom stereocenters. The minimum atomic E-state index is -1.27. The van der Waals surface area contributed by atoms with Gasteiger partial charge in [-0.3, -0.25) is 4.79 Å². The summed E-state index contributed by atoms with van der Waals surface area (Å²) < 4.78 is 4.49. The third kappa shape index (κ3) is 3.47. The van der Waals surface area contributed by atoms with Gasteiger partial charge in [0.25, 0.3) is 0 Å². The van der Waals surface area contributed by atoms with Gasteiger partial charge in [-0.2, -0.15) is 0 Å². The Balaban J connectivity index is 2.36. The lowest BCUT2D eigenvalue weighted by Crippen LogP contribution is -2.34. The number of carboxylic acid groups (broad SMARTS) is 1. The molecule has 0 bridgehead atoms. The molecule has 0 radical (unpaired) electrons. The first-order valence-electron chi connectivity index (χ1n) is 4.89. The Hall–Kier alpha value is -1.69. The van der Waals surface area contributed by atoms with Crippen LogP contribution in [0.5, 0.6) is 0 Å². The number of nitrogens with one attached hydrogen (secondary N) is 1. The van der Waals surface area contributed by atoms with Crippen LogP contribution in [0, 0.1) is 0 Å². The van der Waals surface area contributed by atoms with Crippen LogP contribution < -0.4 is 5.32 Å². The van der Waals surface area contributed by atoms with Crippen LogP contribution in [0.1, 0.15) is 19.3 Å². The highest BCUT2D eigenvalue weighted by Gasteiger charge is 2.26. The standard InChI is InChI=1S/C10H13NO5/c1-6(9(13)14)5-8(12)16-10(15)7-3-2-4-11-7/h7,11H,1-5H2,(H,13,14)/t7-/m0/s1. The third-order valence-electron chi connectivity index (χ3n) is 2.22. The largest absolute Gasteiger partial charge is 0.478 e. The van der Waals surface area contributed by atoms with Crippen LogP contribution in [0.3, 0.4) is 0 Å². The first-order chi connectivity index (χ1) is 7.50. The summed E-state index contributed by atoms with van der Waals surface area (Å²) in [6.45, 7) is 3.89. The van der Waals surface area contributed by atoms with Crippen molar-refractivity contribution in [2.75, 3.05) is 6.54 Å². The smallest absolute Gasteiger partial charge is 0.331 e. The predicted molar refractivity (Wildman–Crippen MR) is 53.5 cm³/mol. The fourth-order valence-corrected chi connectivity index (χ4v) is 1.35. The van der Waals surface area contributed by atoms with Gasteiger partial charge in [0.1, 0.15) is 6.04 Å². The van der Waals surface area contributed by atoms with E-state index >= 15 is 0 Å². The van der Waals surface area contributed by atoms with Gasteiger partial charge < -0.3 is 15.2 Å². The molecule has 2 N–H and O–H groups in total. The second-order valence-electron chi connectivity index (χ2n) is 3.53. The fraction of sp³-hybridized carbons (Fsp3) is 0.500. The molecule has 16 heavy (non-hydrogen) atoms. The number of carbonyl (C=O) groups is 3. The molecule has 1 saturated heterocycles. The molecule has 1 aliphatic heterocycles. The zero-order valence-electron chi connectivity index (χ0n) is 8.69. The van der Waals surface area contributed by atoms with E-state index in [4.69, 9.17) is 5.11 Å². The van der Waals surface area contributed by atoms with E-state index < -0.39 is 30.4 Å². The monoisotopic (exact) mass is 227 g/mol. The van der Waals surface area contributed by atoms with Crippen molar-refractivity contribution >= 4 is 17.9 Å². The third-order valence-corrected chi connectivity index (χ3v) is 2.22. The molecule has 0 aliphatic carbocycles. The number of rotatable bonds is 4. The van der Waals surface area contributed by atoms with Crippen molar-refractivity contribution < 1.29 is 24.2 Å². The van der Waals surface area contributed by atoms with Crippen molar-refractivity contribution in [3.63, 3.8) is 0 Å². The van der Waals surface area contributed by atoms with Gasteiger partial charge in [0.05, 0.1) is 6.42 Å². The van der Waals surface area contributed by atoms with Crippen molar-refractivity contribution in [3.05, 3.63) is 12.2 Å². The van der Waals surface area contributed by atoms with Gasteiger partial charge in [-0.1, -0.05) is 6.58 Å². The molecule has 1 aliphatic rings. The van der Waals surface area contributed by atoms with E-state index in [-0.39, 0.29) is 5.57 Å². The maximum atomic E-state index is 11.3. The van der Waals surface area contributed by atoms with Crippen LogP contribution in [-0.4, -0.2) is 35.6 Å². The van der Waals surface area contributed by atoms with E-state index in [1.165, 1.54) is 0 Å². The number of hydrogen-bond acceptors (Lipinski definition) is 5. The number of carboxylic acids is 1. The summed E-state index contributed by atoms with van der Waals surface area (Å²) in [7, 11) is 0. The molecule has 1 rings (SSSR count). The van der Waals surface area contributed by atoms with E-state index in [2.05, 4.69) is 16.6 Å². The van der Waals surface area contributed by atoms with Crippen LogP contribution >= 0.6 is 0 Å². The molecular formula is C10H13NO5. The number of aliphatic carboxylic acids is 1. The number of carbonyl (C=O) groups excluding carboxylic acids is 2. The second-order valence-corrected chi connectivity index (χ2v) is 3.53. The minimum absolute atomic E-state index is 0.294. The molecule has 1 atom stereocenters. The van der Waals surface area contributed by atoms with Crippen molar-refractivity contribution in [1.29, 1.82) is 0 Å². The minimum Gasteiger partial charge on any atom is -0.478 e. The molecule has 6 nitrogen and oxygen atoms in total. The molecule has 88 valence electrons. The Kier molecular flexibility index (Phi) is 4.19. The maximum Gasteiger partial charge on any atom is 0.331 e. The Labute approximate surface area is 92.3 Å². The summed E-state index contributed by atoms with van der Waals surface area (Å²) in [5.41, 5.74) is -0.294. The van der Waals surface area contributed by atoms with E-state index in [1.54, 1.807) is 0 Å². The summed E-state index contributed by atoms with van der Waals surface area (Å²) in [5, 5.41) is 11.3. The predicted octanol–water partition coefficient (Wildman–Crippen LogP) is -0.161. The molecule has 1 heterocycles. The summed E-state index contributed by atoms with van der Waals surface area (Å²) in [6, 6.07) is -0.456. The van der Waals surface area contributed by atoms with Crippen molar-refractivity contribution in [2.24, 2.45) is 0 Å². The number of esters is 2. The summed E-state index contributed by atoms with van der Waals surface area (Å²) in [6.07, 6.45) is 1.01. The molecular weight excluding hydrogens is 214 g/mol. The zero-order valence-corrected chi connectivity index (χ0v) is 8.69. The molecule has 0 spiro atoms. The van der Waals surface area contributed by atoms with Gasteiger partial charge in [-0.25, -0.2) is 9.59 Å². The van der Waals surface area contributed by atoms with Crippen LogP contribution in [0.15, 0.2) is 12.2 Å². The second kappa shape index (κ2) is 5.41. The summed E-state index contributed by atoms with van der Waals surface area (Å²) >= 11 is 0. The Bertz CT molecular complexity index is 330. The molecule has 0 saturated carbocycles. The van der Waals surface area contributed by atoms with Gasteiger partial charge in [-0.05, 0) is 19.4 Å². The summed E-state index contributed by atoms with van der Waals surface area (Å²) in [4.78, 5) is 32.8. The van der Waals surface area contributed by atoms with Crippen LogP contribution in [-0.2, 0) is 19.1 Å². The lowest BCUT2D eigenvalue weighted by atomic mass is 10.2. The van der Waals surface area contributed by atoms with Gasteiger partial charge in [-0.15, -0.1) is 0 Å². The lowest BCUT2D eigenvalue weighted by Gasteiger charge is -2.08. The Morgan fingerprint density at radius 3 is 2.62 bits per heavy atom. The van der Waals surface area contributed by atoms with E-state index in [0.717, 1.165) is 13.0 Å². The highest BCUT2D eigenvalue weighted by molar-refractivity contribution is 5.95. The first-order valence-corrected chi connectivity index (χ1v) is 4.89. The molecule has 0 amide bonds. The van der Waals surface area contributed by atoms with E-state index in [9.17, 15) is 14.4 Å². The lowest BCUT2D eigenvalue weighted by molar-refractivity contribution is -0.161. The van der Waals surface area contributed by atoms with Crippen molar-refractivity contribution in [3.8, 4) is 0 Å². The van der Waals surface area contributed by atoms with Gasteiger partial charge in [0, 0.05) is 5.57 Å². The molecule has 0 aromatic carbocycles. The topological polar surface area (TPSA) is 92.7 Å². The Morgan fingerprint density at radius 1 is 1.44 bits per heavy atom. The van der Waals surface area contributed by atoms with Gasteiger partial charge in [0.15, 0.2) is 0 Å². The summed E-state index contributed by atoms with van der Waals surface area (Å²) in [5.74, 6) is -2.81. The molecule has 1 fully saturated rings. The van der Waals surface area contributed by atoms with E-state index in [0.29, 0.717) is 6.42 Å². The highest BCUT2D eigenvalue weighted by atomic mass is 16.6. The number of ether oxygens (including phenoxy) is 1. The average molecular weight is 227 g/mol. The first kappa shape index (κ1) is 12.4. The van der Waals surface area contributed by atoms with Crippen molar-refractivity contribution in [2.45, 2.75) is 25.3 Å². The van der Waals surface area contributed by atoms with Gasteiger partial charge >= 0.3 is 17.9 Å². The van der Waals surface area contributed by atoms with Gasteiger partial charge in [0.2, 0.25) is 0 Å². The number of hydrogen-bond donors (Lipinski definition) is 2. The van der Waals surface area contributed by atoms with Crippen LogP contribution in [0.2, 0.25) is 0 Å². The van der Waals surface area contributed by atoms with Crippen LogP contribution in [0.25, 0.3) is 0 Å². The normalized spacial score (nSPS) is 19.1. The molecule has 0 aromatic rings.